The molecule has 0 unspecified atom stereocenters. The molecular weight excluding hydrogens is 470 g/mol. The molecule has 2 aliphatic rings. The average Bonchev–Trinajstić information content (AvgIpc) is 3.38. The highest BCUT2D eigenvalue weighted by molar-refractivity contribution is 5.98. The van der Waals surface area contributed by atoms with Crippen molar-refractivity contribution in [2.24, 2.45) is 0 Å². The molecule has 2 aromatic carbocycles. The molecule has 3 aromatic rings. The zero-order chi connectivity index (χ0) is 25.6. The molecule has 1 saturated heterocycles. The molecule has 0 spiro atoms. The summed E-state index contributed by atoms with van der Waals surface area (Å²) in [5.41, 5.74) is 2.00. The van der Waals surface area contributed by atoms with E-state index in [1.807, 2.05) is 70.1 Å². The largest absolute Gasteiger partial charge is 0.491 e. The molecule has 2 fully saturated rings. The highest BCUT2D eigenvalue weighted by atomic mass is 16.5. The van der Waals surface area contributed by atoms with E-state index >= 15 is 0 Å². The van der Waals surface area contributed by atoms with Gasteiger partial charge in [0.2, 0.25) is 0 Å². The summed E-state index contributed by atoms with van der Waals surface area (Å²) in [6.07, 6.45) is 4.21. The zero-order valence-corrected chi connectivity index (χ0v) is 20.8. The first-order valence-electron chi connectivity index (χ1n) is 12.9. The van der Waals surface area contributed by atoms with Gasteiger partial charge in [0.25, 0.3) is 5.91 Å². The van der Waals surface area contributed by atoms with Gasteiger partial charge in [-0.05, 0) is 25.0 Å². The van der Waals surface area contributed by atoms with Crippen molar-refractivity contribution < 1.29 is 19.4 Å². The number of rotatable bonds is 7. The molecule has 9 heteroatoms. The molecule has 0 radical (unpaired) electrons. The van der Waals surface area contributed by atoms with Gasteiger partial charge in [-0.3, -0.25) is 4.79 Å². The number of imidazole rings is 1. The number of hydrogen-bond donors (Lipinski definition) is 3. The van der Waals surface area contributed by atoms with Gasteiger partial charge < -0.3 is 29.9 Å². The lowest BCUT2D eigenvalue weighted by molar-refractivity contribution is 0.0554. The number of ether oxygens (including phenoxy) is 1. The minimum absolute atomic E-state index is 0.116. The Balaban J connectivity index is 1.46. The monoisotopic (exact) mass is 503 g/mol. The molecule has 2 amide bonds. The zero-order valence-electron chi connectivity index (χ0n) is 20.8. The van der Waals surface area contributed by atoms with Crippen molar-refractivity contribution in [3.63, 3.8) is 0 Å². The van der Waals surface area contributed by atoms with Crippen LogP contribution in [0.4, 0.5) is 4.79 Å². The summed E-state index contributed by atoms with van der Waals surface area (Å²) < 4.78 is 8.02. The second kappa shape index (κ2) is 11.5. The van der Waals surface area contributed by atoms with Crippen molar-refractivity contribution in [3.8, 4) is 17.0 Å². The van der Waals surface area contributed by atoms with Crippen LogP contribution < -0.4 is 15.4 Å². The fraction of sp³-hybridized carbons (Fsp3) is 0.393. The number of nitrogens with one attached hydrogen (secondary N) is 2. The van der Waals surface area contributed by atoms with E-state index in [-0.39, 0.29) is 24.0 Å². The number of carbonyl (C=O) groups is 2. The summed E-state index contributed by atoms with van der Waals surface area (Å²) in [6.45, 7) is 2.25. The Kier molecular flexibility index (Phi) is 7.70. The van der Waals surface area contributed by atoms with Gasteiger partial charge in [0.15, 0.2) is 5.69 Å². The van der Waals surface area contributed by atoms with E-state index in [2.05, 4.69) is 15.6 Å². The Bertz CT molecular complexity index is 1200. The average molecular weight is 504 g/mol. The lowest BCUT2D eigenvalue weighted by atomic mass is 9.89. The Labute approximate surface area is 216 Å². The first-order chi connectivity index (χ1) is 18.1. The Morgan fingerprint density at radius 3 is 2.54 bits per heavy atom. The van der Waals surface area contributed by atoms with Crippen molar-refractivity contribution in [3.05, 3.63) is 72.7 Å². The quantitative estimate of drug-likeness (QED) is 0.453. The third-order valence-corrected chi connectivity index (χ3v) is 7.24. The first kappa shape index (κ1) is 24.8. The van der Waals surface area contributed by atoms with Crippen LogP contribution >= 0.6 is 0 Å². The van der Waals surface area contributed by atoms with Gasteiger partial charge >= 0.3 is 6.09 Å². The molecule has 5 rings (SSSR count). The summed E-state index contributed by atoms with van der Waals surface area (Å²) in [6, 6.07) is 18.9. The van der Waals surface area contributed by atoms with Crippen molar-refractivity contribution in [1.29, 1.82) is 0 Å². The van der Waals surface area contributed by atoms with Crippen LogP contribution in [0.2, 0.25) is 0 Å². The number of carbonyl (C=O) groups excluding carboxylic acids is 1. The number of aromatic nitrogens is 2. The van der Waals surface area contributed by atoms with E-state index in [0.29, 0.717) is 31.9 Å². The smallest absolute Gasteiger partial charge is 0.404 e. The van der Waals surface area contributed by atoms with Gasteiger partial charge in [-0.2, -0.15) is 0 Å². The lowest BCUT2D eigenvalue weighted by Gasteiger charge is -2.36. The molecule has 0 bridgehead atoms. The van der Waals surface area contributed by atoms with Crippen molar-refractivity contribution in [2.45, 2.75) is 43.8 Å². The van der Waals surface area contributed by atoms with Crippen molar-refractivity contribution in [2.75, 3.05) is 26.2 Å². The summed E-state index contributed by atoms with van der Waals surface area (Å²) in [5, 5.41) is 15.5. The molecule has 1 aromatic heterocycles. The van der Waals surface area contributed by atoms with Crippen LogP contribution in [0.15, 0.2) is 67.0 Å². The number of piperazine rings is 1. The fourth-order valence-electron chi connectivity index (χ4n) is 5.44. The maximum absolute atomic E-state index is 14.0. The van der Waals surface area contributed by atoms with E-state index in [9.17, 15) is 14.7 Å². The predicted molar refractivity (Wildman–Crippen MR) is 140 cm³/mol. The topological polar surface area (TPSA) is 109 Å². The lowest BCUT2D eigenvalue weighted by Crippen LogP contribution is -2.56. The van der Waals surface area contributed by atoms with E-state index in [0.717, 1.165) is 42.7 Å². The van der Waals surface area contributed by atoms with Gasteiger partial charge in [-0.15, -0.1) is 0 Å². The van der Waals surface area contributed by atoms with Crippen LogP contribution in [0.3, 0.4) is 0 Å². The van der Waals surface area contributed by atoms with Gasteiger partial charge in [0.05, 0.1) is 30.1 Å². The third kappa shape index (κ3) is 5.61. The van der Waals surface area contributed by atoms with Crippen LogP contribution in [-0.2, 0) is 0 Å². The number of para-hydroxylation sites is 1. The summed E-state index contributed by atoms with van der Waals surface area (Å²) in [4.78, 5) is 32.0. The second-order valence-electron chi connectivity index (χ2n) is 9.60. The van der Waals surface area contributed by atoms with Crippen LogP contribution in [0.25, 0.3) is 11.3 Å². The summed E-state index contributed by atoms with van der Waals surface area (Å²) in [5.74, 6) is 0.628. The molecule has 1 saturated carbocycles. The van der Waals surface area contributed by atoms with Gasteiger partial charge in [-0.25, -0.2) is 9.78 Å². The second-order valence-corrected chi connectivity index (χ2v) is 9.60. The van der Waals surface area contributed by atoms with E-state index in [1.54, 1.807) is 6.33 Å². The summed E-state index contributed by atoms with van der Waals surface area (Å²) >= 11 is 0. The molecule has 37 heavy (non-hydrogen) atoms. The third-order valence-electron chi connectivity index (χ3n) is 7.24. The van der Waals surface area contributed by atoms with Gasteiger partial charge in [0, 0.05) is 25.2 Å². The molecule has 9 nitrogen and oxygen atoms in total. The van der Waals surface area contributed by atoms with Gasteiger partial charge in [0.1, 0.15) is 12.4 Å². The van der Waals surface area contributed by atoms with Crippen molar-refractivity contribution in [1.82, 2.24) is 25.1 Å². The van der Waals surface area contributed by atoms with E-state index < -0.39 is 6.09 Å². The van der Waals surface area contributed by atoms with E-state index in [4.69, 9.17) is 4.74 Å². The van der Waals surface area contributed by atoms with Crippen LogP contribution in [0.5, 0.6) is 5.75 Å². The predicted octanol–water partition coefficient (Wildman–Crippen LogP) is 3.79. The van der Waals surface area contributed by atoms with Crippen molar-refractivity contribution >= 4 is 12.0 Å². The fourth-order valence-corrected chi connectivity index (χ4v) is 5.44. The molecule has 3 N–H and O–H groups in total. The Hall–Kier alpha value is -3.85. The van der Waals surface area contributed by atoms with E-state index in [1.165, 1.54) is 0 Å². The van der Waals surface area contributed by atoms with Crippen LogP contribution in [0.1, 0.15) is 42.2 Å². The minimum atomic E-state index is -1.03. The Morgan fingerprint density at radius 1 is 1.05 bits per heavy atom. The number of hydrogen-bond acceptors (Lipinski definition) is 5. The SMILES string of the molecule is O=C(O)N[C@H]1CCCC[C@@H]1n1cnc(C(=O)N2CCNC[C@H]2COc2ccccc2)c1-c1ccccc1. The molecule has 3 atom stereocenters. The number of carboxylic acid groups (broad SMARTS) is 1. The number of benzene rings is 2. The molecule has 1 aliphatic carbocycles. The molecule has 2 heterocycles. The van der Waals surface area contributed by atoms with Gasteiger partial charge in [-0.1, -0.05) is 61.4 Å². The molecule has 1 aliphatic heterocycles. The molecular formula is C28H33N5O4. The standard InChI is InChI=1S/C28H33N5O4/c34-27(32-16-15-29-17-21(32)18-37-22-11-5-2-6-12-22)25-26(20-9-3-1-4-10-20)33(19-30-25)24-14-8-7-13-23(24)31-28(35)36/h1-6,9-12,19,21,23-24,29,31H,7-8,13-18H2,(H,35,36)/t21-,23-,24-/m0/s1. The molecule has 194 valence electrons. The maximum atomic E-state index is 14.0. The first-order valence-corrected chi connectivity index (χ1v) is 12.9. The highest BCUT2D eigenvalue weighted by Gasteiger charge is 2.35. The minimum Gasteiger partial charge on any atom is -0.491 e. The number of amides is 2. The normalized spacial score (nSPS) is 21.8. The van der Waals surface area contributed by atoms with Crippen LogP contribution in [0, 0.1) is 0 Å². The Morgan fingerprint density at radius 2 is 1.78 bits per heavy atom. The highest BCUT2D eigenvalue weighted by Crippen LogP contribution is 2.35. The summed E-state index contributed by atoms with van der Waals surface area (Å²) in [7, 11) is 0. The van der Waals surface area contributed by atoms with Crippen LogP contribution in [-0.4, -0.2) is 69.9 Å². The maximum Gasteiger partial charge on any atom is 0.404 e. The number of nitrogens with zero attached hydrogens (tertiary/aromatic N) is 3.